The van der Waals surface area contributed by atoms with E-state index in [2.05, 4.69) is 4.74 Å². The molecule has 0 radical (unpaired) electrons. The van der Waals surface area contributed by atoms with E-state index in [-0.39, 0.29) is 18.6 Å². The number of esters is 1. The molecular formula is C12H13F5O3. The smallest absolute Gasteiger partial charge is 0.452 e. The number of rotatable bonds is 4. The number of carbonyl (C=O) groups is 1. The molecular weight excluding hydrogens is 287 g/mol. The summed E-state index contributed by atoms with van der Waals surface area (Å²) in [6.07, 6.45) is -5.30. The Morgan fingerprint density at radius 2 is 1.90 bits per heavy atom. The van der Waals surface area contributed by atoms with E-state index in [9.17, 15) is 26.7 Å². The van der Waals surface area contributed by atoms with Crippen molar-refractivity contribution in [1.29, 1.82) is 0 Å². The monoisotopic (exact) mass is 300 g/mol. The highest BCUT2D eigenvalue weighted by atomic mass is 19.4. The molecule has 3 nitrogen and oxygen atoms in total. The first-order valence-corrected chi connectivity index (χ1v) is 5.74. The summed E-state index contributed by atoms with van der Waals surface area (Å²) in [6.45, 7) is 0.283. The third-order valence-electron chi connectivity index (χ3n) is 2.87. The molecule has 1 N–H and O–H groups in total. The van der Waals surface area contributed by atoms with E-state index < -0.39 is 24.2 Å². The first-order valence-electron chi connectivity index (χ1n) is 5.74. The van der Waals surface area contributed by atoms with E-state index >= 15 is 0 Å². The first kappa shape index (κ1) is 16.6. The molecule has 0 saturated carbocycles. The highest BCUT2D eigenvalue weighted by Gasteiger charge is 2.62. The molecule has 114 valence electrons. The molecule has 0 amide bonds. The maximum Gasteiger partial charge on any atom is 0.457 e. The van der Waals surface area contributed by atoms with Gasteiger partial charge in [-0.1, -0.05) is 12.2 Å². The number of allylic oxidation sites excluding steroid dienone is 2. The molecule has 20 heavy (non-hydrogen) atoms. The maximum atomic E-state index is 12.9. The zero-order chi connectivity index (χ0) is 15.6. The van der Waals surface area contributed by atoms with E-state index in [0.29, 0.717) is 18.9 Å². The van der Waals surface area contributed by atoms with Crippen molar-refractivity contribution < 1.29 is 36.6 Å². The van der Waals surface area contributed by atoms with Crippen LogP contribution in [0.1, 0.15) is 19.8 Å². The van der Waals surface area contributed by atoms with Crippen molar-refractivity contribution in [2.75, 3.05) is 6.61 Å². The molecule has 1 rings (SSSR count). The fourth-order valence-electron chi connectivity index (χ4n) is 1.52. The minimum absolute atomic E-state index is 0.00738. The SMILES string of the molecule is CC(OC(=O)C1=CC=C(CO)CC1)C(F)(F)C(F)(F)F. The van der Waals surface area contributed by atoms with Crippen LogP contribution in [0.25, 0.3) is 0 Å². The van der Waals surface area contributed by atoms with Gasteiger partial charge in [0.1, 0.15) is 0 Å². The Labute approximate surface area is 111 Å². The van der Waals surface area contributed by atoms with Crippen molar-refractivity contribution in [1.82, 2.24) is 0 Å². The number of aliphatic hydroxyl groups is 1. The molecule has 1 atom stereocenters. The second-order valence-corrected chi connectivity index (χ2v) is 4.34. The van der Waals surface area contributed by atoms with E-state index in [4.69, 9.17) is 5.11 Å². The van der Waals surface area contributed by atoms with Gasteiger partial charge in [-0.2, -0.15) is 22.0 Å². The van der Waals surface area contributed by atoms with Gasteiger partial charge in [0.2, 0.25) is 0 Å². The predicted molar refractivity (Wildman–Crippen MR) is 59.0 cm³/mol. The summed E-state index contributed by atoms with van der Waals surface area (Å²) in [7, 11) is 0. The summed E-state index contributed by atoms with van der Waals surface area (Å²) in [5.74, 6) is -6.32. The summed E-state index contributed by atoms with van der Waals surface area (Å²) in [6, 6.07) is 0. The molecule has 1 aliphatic carbocycles. The van der Waals surface area contributed by atoms with Crippen LogP contribution in [0.3, 0.4) is 0 Å². The van der Waals surface area contributed by atoms with Gasteiger partial charge >= 0.3 is 18.1 Å². The van der Waals surface area contributed by atoms with Crippen molar-refractivity contribution >= 4 is 5.97 Å². The van der Waals surface area contributed by atoms with Crippen LogP contribution in [0.5, 0.6) is 0 Å². The molecule has 0 spiro atoms. The summed E-state index contributed by atoms with van der Waals surface area (Å²) < 4.78 is 66.2. The van der Waals surface area contributed by atoms with Crippen molar-refractivity contribution in [3.8, 4) is 0 Å². The lowest BCUT2D eigenvalue weighted by Gasteiger charge is -2.26. The van der Waals surface area contributed by atoms with Crippen LogP contribution < -0.4 is 0 Å². The number of hydrogen-bond acceptors (Lipinski definition) is 3. The fraction of sp³-hybridized carbons (Fsp3) is 0.583. The quantitative estimate of drug-likeness (QED) is 0.641. The van der Waals surface area contributed by atoms with Crippen LogP contribution in [0.4, 0.5) is 22.0 Å². The molecule has 0 fully saturated rings. The highest BCUT2D eigenvalue weighted by molar-refractivity contribution is 5.89. The third-order valence-corrected chi connectivity index (χ3v) is 2.87. The first-order chi connectivity index (χ1) is 9.09. The largest absolute Gasteiger partial charge is 0.457 e. The van der Waals surface area contributed by atoms with Crippen molar-refractivity contribution in [3.63, 3.8) is 0 Å². The van der Waals surface area contributed by atoms with Gasteiger partial charge in [0.05, 0.1) is 6.61 Å². The molecule has 0 heterocycles. The normalized spacial score (nSPS) is 18.1. The van der Waals surface area contributed by atoms with Gasteiger partial charge in [-0.25, -0.2) is 4.79 Å². The molecule has 0 aromatic rings. The van der Waals surface area contributed by atoms with E-state index in [0.717, 1.165) is 0 Å². The number of alkyl halides is 5. The molecule has 8 heteroatoms. The minimum Gasteiger partial charge on any atom is -0.452 e. The highest BCUT2D eigenvalue weighted by Crippen LogP contribution is 2.39. The predicted octanol–water partition coefficient (Wildman–Crippen LogP) is 2.75. The van der Waals surface area contributed by atoms with Crippen LogP contribution in [0, 0.1) is 0 Å². The van der Waals surface area contributed by atoms with Gasteiger partial charge in [-0.15, -0.1) is 0 Å². The van der Waals surface area contributed by atoms with Gasteiger partial charge in [0.25, 0.3) is 0 Å². The molecule has 0 bridgehead atoms. The molecule has 0 aliphatic heterocycles. The molecule has 0 saturated heterocycles. The zero-order valence-electron chi connectivity index (χ0n) is 10.5. The topological polar surface area (TPSA) is 46.5 Å². The molecule has 0 aromatic heterocycles. The van der Waals surface area contributed by atoms with E-state index in [1.807, 2.05) is 0 Å². The van der Waals surface area contributed by atoms with Gasteiger partial charge in [0, 0.05) is 5.57 Å². The van der Waals surface area contributed by atoms with Crippen molar-refractivity contribution in [3.05, 3.63) is 23.3 Å². The van der Waals surface area contributed by atoms with Crippen molar-refractivity contribution in [2.45, 2.75) is 38.0 Å². The van der Waals surface area contributed by atoms with E-state index in [1.54, 1.807) is 0 Å². The second-order valence-electron chi connectivity index (χ2n) is 4.34. The lowest BCUT2D eigenvalue weighted by molar-refractivity contribution is -0.311. The van der Waals surface area contributed by atoms with Crippen LogP contribution in [-0.4, -0.2) is 35.9 Å². The van der Waals surface area contributed by atoms with Gasteiger partial charge < -0.3 is 9.84 Å². The van der Waals surface area contributed by atoms with Crippen LogP contribution in [0.15, 0.2) is 23.3 Å². The summed E-state index contributed by atoms with van der Waals surface area (Å²) in [5.41, 5.74) is 0.627. The fourth-order valence-corrected chi connectivity index (χ4v) is 1.52. The Balaban J connectivity index is 2.73. The Kier molecular flexibility index (Phi) is 4.90. The summed E-state index contributed by atoms with van der Waals surface area (Å²) >= 11 is 0. The van der Waals surface area contributed by atoms with Gasteiger partial charge in [-0.3, -0.25) is 0 Å². The number of aliphatic hydroxyl groups excluding tert-OH is 1. The zero-order valence-corrected chi connectivity index (χ0v) is 10.5. The van der Waals surface area contributed by atoms with E-state index in [1.165, 1.54) is 12.2 Å². The van der Waals surface area contributed by atoms with Gasteiger partial charge in [0.15, 0.2) is 6.10 Å². The number of halogens is 5. The van der Waals surface area contributed by atoms with Crippen LogP contribution in [0.2, 0.25) is 0 Å². The number of hydrogen-bond donors (Lipinski definition) is 1. The standard InChI is InChI=1S/C12H13F5O3/c1-7(11(13,14)12(15,16)17)20-10(19)9-4-2-8(6-18)3-5-9/h2,4,7,18H,3,5-6H2,1H3. The number of carbonyl (C=O) groups excluding carboxylic acids is 1. The lowest BCUT2D eigenvalue weighted by atomic mass is 9.99. The summed E-state index contributed by atoms with van der Waals surface area (Å²) in [4.78, 5) is 11.5. The van der Waals surface area contributed by atoms with Crippen molar-refractivity contribution in [2.24, 2.45) is 0 Å². The minimum atomic E-state index is -5.78. The van der Waals surface area contributed by atoms with Gasteiger partial charge in [-0.05, 0) is 25.3 Å². The Morgan fingerprint density at radius 3 is 2.30 bits per heavy atom. The summed E-state index contributed by atoms with van der Waals surface area (Å²) in [5, 5.41) is 8.82. The second kappa shape index (κ2) is 5.90. The maximum absolute atomic E-state index is 12.9. The number of ether oxygens (including phenoxy) is 1. The van der Waals surface area contributed by atoms with Crippen LogP contribution >= 0.6 is 0 Å². The Bertz CT molecular complexity index is 437. The Morgan fingerprint density at radius 1 is 1.30 bits per heavy atom. The molecule has 0 aromatic carbocycles. The lowest BCUT2D eigenvalue weighted by Crippen LogP contribution is -2.47. The average Bonchev–Trinajstić information content (AvgIpc) is 2.37. The molecule has 1 unspecified atom stereocenters. The molecule has 1 aliphatic rings. The average molecular weight is 300 g/mol. The van der Waals surface area contributed by atoms with Crippen LogP contribution in [-0.2, 0) is 9.53 Å². The third kappa shape index (κ3) is 3.56. The Hall–Kier alpha value is -1.44.